The number of carbonyl (C=O) groups is 2. The first-order valence-corrected chi connectivity index (χ1v) is 5.22. The normalized spacial score (nSPS) is 20.4. The largest absolute Gasteiger partial charge is 0.508 e. The van der Waals surface area contributed by atoms with E-state index in [0.717, 1.165) is 19.3 Å². The lowest BCUT2D eigenvalue weighted by molar-refractivity contribution is -0.137. The van der Waals surface area contributed by atoms with Crippen molar-refractivity contribution < 1.29 is 23.8 Å². The highest BCUT2D eigenvalue weighted by Gasteiger charge is 2.26. The summed E-state index contributed by atoms with van der Waals surface area (Å²) >= 11 is 0. The van der Waals surface area contributed by atoms with Crippen molar-refractivity contribution >= 4 is 12.1 Å². The summed E-state index contributed by atoms with van der Waals surface area (Å²) in [5, 5.41) is 0. The van der Waals surface area contributed by atoms with E-state index >= 15 is 0 Å². The molecular weight excluding hydrogens is 212 g/mol. The first-order chi connectivity index (χ1) is 7.69. The second kappa shape index (κ2) is 6.15. The van der Waals surface area contributed by atoms with Gasteiger partial charge in [0.05, 0.1) is 19.8 Å². The van der Waals surface area contributed by atoms with Crippen molar-refractivity contribution in [1.82, 2.24) is 0 Å². The van der Waals surface area contributed by atoms with E-state index in [1.54, 1.807) is 6.08 Å². The molecule has 0 radical (unpaired) electrons. The summed E-state index contributed by atoms with van der Waals surface area (Å²) in [4.78, 5) is 22.5. The van der Waals surface area contributed by atoms with E-state index in [1.807, 2.05) is 0 Å². The van der Waals surface area contributed by atoms with Gasteiger partial charge >= 0.3 is 12.1 Å². The zero-order chi connectivity index (χ0) is 12.0. The fraction of sp³-hybridized carbons (Fsp3) is 0.636. The third-order valence-corrected chi connectivity index (χ3v) is 2.46. The molecule has 0 aromatic carbocycles. The van der Waals surface area contributed by atoms with Gasteiger partial charge in [-0.2, -0.15) is 0 Å². The van der Waals surface area contributed by atoms with Crippen LogP contribution < -0.4 is 0 Å². The Morgan fingerprint density at radius 2 is 2.00 bits per heavy atom. The molecule has 1 rings (SSSR count). The van der Waals surface area contributed by atoms with Gasteiger partial charge in [0.1, 0.15) is 6.10 Å². The summed E-state index contributed by atoms with van der Waals surface area (Å²) in [6, 6.07) is 0. The Kier molecular flexibility index (Phi) is 4.82. The molecule has 0 saturated heterocycles. The molecule has 0 heterocycles. The number of ether oxygens (including phenoxy) is 3. The summed E-state index contributed by atoms with van der Waals surface area (Å²) in [7, 11) is 2.55. The van der Waals surface area contributed by atoms with Crippen LogP contribution in [-0.4, -0.2) is 32.4 Å². The molecule has 0 bridgehead atoms. The number of methoxy groups -OCH3 is 2. The van der Waals surface area contributed by atoms with Gasteiger partial charge in [0.2, 0.25) is 0 Å². The highest BCUT2D eigenvalue weighted by Crippen LogP contribution is 2.22. The van der Waals surface area contributed by atoms with Crippen LogP contribution in [0.1, 0.15) is 25.7 Å². The van der Waals surface area contributed by atoms with Crippen molar-refractivity contribution in [2.24, 2.45) is 0 Å². The number of hydrogen-bond donors (Lipinski definition) is 0. The van der Waals surface area contributed by atoms with Crippen LogP contribution >= 0.6 is 0 Å². The van der Waals surface area contributed by atoms with Gasteiger partial charge in [0, 0.05) is 0 Å². The Balaban J connectivity index is 2.75. The molecule has 0 aliphatic heterocycles. The van der Waals surface area contributed by atoms with Gasteiger partial charge < -0.3 is 14.2 Å². The monoisotopic (exact) mass is 228 g/mol. The smallest absolute Gasteiger partial charge is 0.466 e. The maximum absolute atomic E-state index is 11.5. The molecule has 0 aromatic heterocycles. The molecule has 16 heavy (non-hydrogen) atoms. The lowest BCUT2D eigenvalue weighted by atomic mass is 10.1. The number of esters is 1. The third-order valence-electron chi connectivity index (χ3n) is 2.46. The molecule has 1 aliphatic rings. The fourth-order valence-corrected chi connectivity index (χ4v) is 1.64. The van der Waals surface area contributed by atoms with Gasteiger partial charge in [-0.3, -0.25) is 0 Å². The van der Waals surface area contributed by atoms with Gasteiger partial charge in [-0.05, 0) is 25.7 Å². The Hall–Kier alpha value is -1.52. The summed E-state index contributed by atoms with van der Waals surface area (Å²) in [6.45, 7) is 0. The van der Waals surface area contributed by atoms with Crippen LogP contribution in [0.4, 0.5) is 4.79 Å². The van der Waals surface area contributed by atoms with Crippen molar-refractivity contribution in [1.29, 1.82) is 0 Å². The van der Waals surface area contributed by atoms with E-state index in [1.165, 1.54) is 14.2 Å². The SMILES string of the molecule is COC(=O)OC1CCCCC=C1C(=O)OC. The fourth-order valence-electron chi connectivity index (χ4n) is 1.64. The second-order valence-corrected chi connectivity index (χ2v) is 3.50. The van der Waals surface area contributed by atoms with Crippen LogP contribution in [0.2, 0.25) is 0 Å². The molecule has 0 spiro atoms. The molecule has 1 aliphatic carbocycles. The van der Waals surface area contributed by atoms with Gasteiger partial charge in [0.25, 0.3) is 0 Å². The van der Waals surface area contributed by atoms with E-state index < -0.39 is 18.2 Å². The van der Waals surface area contributed by atoms with Crippen molar-refractivity contribution in [3.63, 3.8) is 0 Å². The first-order valence-electron chi connectivity index (χ1n) is 5.22. The molecule has 0 fully saturated rings. The predicted molar refractivity (Wildman–Crippen MR) is 55.8 cm³/mol. The number of rotatable bonds is 2. The van der Waals surface area contributed by atoms with Crippen LogP contribution in [0.3, 0.4) is 0 Å². The van der Waals surface area contributed by atoms with Crippen molar-refractivity contribution in [2.45, 2.75) is 31.8 Å². The quantitative estimate of drug-likeness (QED) is 0.674. The van der Waals surface area contributed by atoms with Gasteiger partial charge in [-0.1, -0.05) is 6.08 Å². The van der Waals surface area contributed by atoms with E-state index in [4.69, 9.17) is 4.74 Å². The predicted octanol–water partition coefficient (Wildman–Crippen LogP) is 1.81. The van der Waals surface area contributed by atoms with Crippen molar-refractivity contribution in [3.8, 4) is 0 Å². The molecular formula is C11H16O5. The molecule has 0 aromatic rings. The molecule has 90 valence electrons. The number of hydrogen-bond acceptors (Lipinski definition) is 5. The molecule has 5 heteroatoms. The maximum Gasteiger partial charge on any atom is 0.508 e. The summed E-state index contributed by atoms with van der Waals surface area (Å²) in [5.41, 5.74) is 0.408. The summed E-state index contributed by atoms with van der Waals surface area (Å²) in [6.07, 6.45) is 3.73. The Morgan fingerprint density at radius 1 is 1.25 bits per heavy atom. The molecule has 0 N–H and O–H groups in total. The van der Waals surface area contributed by atoms with Crippen LogP contribution in [0, 0.1) is 0 Å². The van der Waals surface area contributed by atoms with Crippen molar-refractivity contribution in [2.75, 3.05) is 14.2 Å². The van der Waals surface area contributed by atoms with Crippen LogP contribution in [-0.2, 0) is 19.0 Å². The second-order valence-electron chi connectivity index (χ2n) is 3.50. The third kappa shape index (κ3) is 3.25. The standard InChI is InChI=1S/C11H16O5/c1-14-10(12)8-6-4-3-5-7-9(8)16-11(13)15-2/h6,9H,3-5,7H2,1-2H3. The van der Waals surface area contributed by atoms with Crippen LogP contribution in [0.15, 0.2) is 11.6 Å². The topological polar surface area (TPSA) is 61.8 Å². The average Bonchev–Trinajstić information content (AvgIpc) is 2.53. The minimum atomic E-state index is -0.776. The van der Waals surface area contributed by atoms with Gasteiger partial charge in [-0.25, -0.2) is 9.59 Å². The summed E-state index contributed by atoms with van der Waals surface area (Å²) < 4.78 is 14.1. The molecule has 0 saturated carbocycles. The minimum Gasteiger partial charge on any atom is -0.466 e. The molecule has 0 amide bonds. The minimum absolute atomic E-state index is 0.408. The highest BCUT2D eigenvalue weighted by atomic mass is 16.7. The molecule has 5 nitrogen and oxygen atoms in total. The van der Waals surface area contributed by atoms with Crippen LogP contribution in [0.5, 0.6) is 0 Å². The Morgan fingerprint density at radius 3 is 2.62 bits per heavy atom. The lowest BCUT2D eigenvalue weighted by Gasteiger charge is -2.16. The Labute approximate surface area is 94.4 Å². The van der Waals surface area contributed by atoms with E-state index in [-0.39, 0.29) is 0 Å². The zero-order valence-corrected chi connectivity index (χ0v) is 9.52. The number of carbonyl (C=O) groups excluding carboxylic acids is 2. The first kappa shape index (κ1) is 12.5. The lowest BCUT2D eigenvalue weighted by Crippen LogP contribution is -2.25. The van der Waals surface area contributed by atoms with Crippen molar-refractivity contribution in [3.05, 3.63) is 11.6 Å². The number of allylic oxidation sites excluding steroid dienone is 1. The van der Waals surface area contributed by atoms with Gasteiger partial charge in [-0.15, -0.1) is 0 Å². The zero-order valence-electron chi connectivity index (χ0n) is 9.52. The van der Waals surface area contributed by atoms with E-state index in [0.29, 0.717) is 12.0 Å². The maximum atomic E-state index is 11.5. The van der Waals surface area contributed by atoms with Crippen LogP contribution in [0.25, 0.3) is 0 Å². The van der Waals surface area contributed by atoms with E-state index in [9.17, 15) is 9.59 Å². The molecule has 1 atom stereocenters. The van der Waals surface area contributed by atoms with E-state index in [2.05, 4.69) is 9.47 Å². The molecule has 1 unspecified atom stereocenters. The van der Waals surface area contributed by atoms with Gasteiger partial charge in [0.15, 0.2) is 0 Å². The average molecular weight is 228 g/mol. The summed E-state index contributed by atoms with van der Waals surface area (Å²) in [5.74, 6) is -0.448. The Bertz CT molecular complexity index is 295. The highest BCUT2D eigenvalue weighted by molar-refractivity contribution is 5.89.